The predicted molar refractivity (Wildman–Crippen MR) is 49.6 cm³/mol. The normalized spacial score (nSPS) is 32.7. The Morgan fingerprint density at radius 2 is 2.00 bits per heavy atom. The molecular formula is C10H21N. The van der Waals surface area contributed by atoms with Gasteiger partial charge >= 0.3 is 0 Å². The molecule has 0 aliphatic carbocycles. The zero-order valence-electron chi connectivity index (χ0n) is 8.28. The van der Waals surface area contributed by atoms with Gasteiger partial charge in [0.15, 0.2) is 0 Å². The van der Waals surface area contributed by atoms with Gasteiger partial charge in [-0.05, 0) is 24.3 Å². The van der Waals surface area contributed by atoms with Gasteiger partial charge in [-0.15, -0.1) is 0 Å². The van der Waals surface area contributed by atoms with Crippen molar-refractivity contribution in [1.29, 1.82) is 0 Å². The fraction of sp³-hybridized carbons (Fsp3) is 1.00. The van der Waals surface area contributed by atoms with Crippen molar-refractivity contribution in [2.45, 2.75) is 46.6 Å². The van der Waals surface area contributed by atoms with Crippen LogP contribution in [-0.2, 0) is 0 Å². The molecule has 1 aliphatic rings. The summed E-state index contributed by atoms with van der Waals surface area (Å²) in [6.45, 7) is 10.5. The summed E-state index contributed by atoms with van der Waals surface area (Å²) in [6, 6.07) is 0.743. The first kappa shape index (κ1) is 9.05. The molecule has 1 saturated heterocycles. The highest BCUT2D eigenvalue weighted by Crippen LogP contribution is 2.29. The van der Waals surface area contributed by atoms with Gasteiger partial charge in [-0.3, -0.25) is 0 Å². The van der Waals surface area contributed by atoms with Crippen LogP contribution in [0.25, 0.3) is 0 Å². The van der Waals surface area contributed by atoms with Crippen LogP contribution in [0.15, 0.2) is 0 Å². The smallest absolute Gasteiger partial charge is 0.0119 e. The minimum absolute atomic E-state index is 0.448. The Morgan fingerprint density at radius 3 is 2.27 bits per heavy atom. The Labute approximate surface area is 70.6 Å². The predicted octanol–water partition coefficient (Wildman–Crippen LogP) is 2.42. The molecule has 1 N–H and O–H groups in total. The van der Waals surface area contributed by atoms with E-state index < -0.39 is 0 Å². The fourth-order valence-electron chi connectivity index (χ4n) is 1.78. The summed E-state index contributed by atoms with van der Waals surface area (Å²) in [5.41, 5.74) is 0.448. The minimum atomic E-state index is 0.448. The molecule has 2 atom stereocenters. The lowest BCUT2D eigenvalue weighted by atomic mass is 9.84. The second-order valence-electron chi connectivity index (χ2n) is 4.84. The zero-order valence-corrected chi connectivity index (χ0v) is 8.28. The number of nitrogens with one attached hydrogen (secondary N) is 1. The van der Waals surface area contributed by atoms with E-state index in [4.69, 9.17) is 0 Å². The van der Waals surface area contributed by atoms with Crippen molar-refractivity contribution in [1.82, 2.24) is 5.32 Å². The molecule has 0 spiro atoms. The van der Waals surface area contributed by atoms with Crippen LogP contribution >= 0.6 is 0 Å². The molecule has 0 saturated carbocycles. The summed E-state index contributed by atoms with van der Waals surface area (Å²) >= 11 is 0. The van der Waals surface area contributed by atoms with Crippen molar-refractivity contribution in [2.24, 2.45) is 11.3 Å². The SMILES string of the molecule is CCC1CNC(C(C)(C)C)C1. The Kier molecular flexibility index (Phi) is 2.58. The monoisotopic (exact) mass is 155 g/mol. The molecule has 0 amide bonds. The van der Waals surface area contributed by atoms with Gasteiger partial charge in [0.25, 0.3) is 0 Å². The molecule has 1 fully saturated rings. The van der Waals surface area contributed by atoms with E-state index in [2.05, 4.69) is 33.0 Å². The van der Waals surface area contributed by atoms with Crippen molar-refractivity contribution >= 4 is 0 Å². The third kappa shape index (κ3) is 2.19. The molecule has 1 heterocycles. The fourth-order valence-corrected chi connectivity index (χ4v) is 1.78. The number of hydrogen-bond acceptors (Lipinski definition) is 1. The summed E-state index contributed by atoms with van der Waals surface area (Å²) in [7, 11) is 0. The Hall–Kier alpha value is -0.0400. The molecule has 0 aromatic heterocycles. The standard InChI is InChI=1S/C10H21N/c1-5-8-6-9(11-7-8)10(2,3)4/h8-9,11H,5-7H2,1-4H3. The second-order valence-corrected chi connectivity index (χ2v) is 4.84. The summed E-state index contributed by atoms with van der Waals surface area (Å²) in [4.78, 5) is 0. The molecular weight excluding hydrogens is 134 g/mol. The van der Waals surface area contributed by atoms with E-state index in [1.807, 2.05) is 0 Å². The third-order valence-corrected chi connectivity index (χ3v) is 2.84. The second kappa shape index (κ2) is 3.14. The van der Waals surface area contributed by atoms with Crippen LogP contribution in [0.2, 0.25) is 0 Å². The Balaban J connectivity index is 2.42. The summed E-state index contributed by atoms with van der Waals surface area (Å²) < 4.78 is 0. The van der Waals surface area contributed by atoms with Gasteiger partial charge in [-0.2, -0.15) is 0 Å². The summed E-state index contributed by atoms with van der Waals surface area (Å²) in [6.07, 6.45) is 2.71. The molecule has 1 rings (SSSR count). The molecule has 66 valence electrons. The van der Waals surface area contributed by atoms with E-state index in [1.165, 1.54) is 19.4 Å². The molecule has 0 radical (unpaired) electrons. The molecule has 11 heavy (non-hydrogen) atoms. The van der Waals surface area contributed by atoms with Gasteiger partial charge in [0.2, 0.25) is 0 Å². The molecule has 1 nitrogen and oxygen atoms in total. The maximum Gasteiger partial charge on any atom is 0.0119 e. The molecule has 1 heteroatoms. The number of hydrogen-bond donors (Lipinski definition) is 1. The molecule has 0 aromatic rings. The largest absolute Gasteiger partial charge is 0.313 e. The van der Waals surface area contributed by atoms with Gasteiger partial charge in [0, 0.05) is 6.04 Å². The van der Waals surface area contributed by atoms with E-state index in [9.17, 15) is 0 Å². The average molecular weight is 155 g/mol. The maximum atomic E-state index is 3.60. The highest BCUT2D eigenvalue weighted by atomic mass is 15.0. The van der Waals surface area contributed by atoms with Crippen LogP contribution in [0, 0.1) is 11.3 Å². The van der Waals surface area contributed by atoms with E-state index >= 15 is 0 Å². The van der Waals surface area contributed by atoms with Crippen LogP contribution < -0.4 is 5.32 Å². The van der Waals surface area contributed by atoms with Crippen LogP contribution in [0.5, 0.6) is 0 Å². The highest BCUT2D eigenvalue weighted by Gasteiger charge is 2.31. The minimum Gasteiger partial charge on any atom is -0.313 e. The van der Waals surface area contributed by atoms with Crippen molar-refractivity contribution in [2.75, 3.05) is 6.54 Å². The first-order valence-corrected chi connectivity index (χ1v) is 4.77. The Bertz CT molecular complexity index is 123. The van der Waals surface area contributed by atoms with Gasteiger partial charge in [0.05, 0.1) is 0 Å². The van der Waals surface area contributed by atoms with E-state index in [0.717, 1.165) is 12.0 Å². The van der Waals surface area contributed by atoms with E-state index in [1.54, 1.807) is 0 Å². The van der Waals surface area contributed by atoms with Gasteiger partial charge in [0.1, 0.15) is 0 Å². The van der Waals surface area contributed by atoms with Gasteiger partial charge < -0.3 is 5.32 Å². The molecule has 2 unspecified atom stereocenters. The van der Waals surface area contributed by atoms with Crippen LogP contribution in [-0.4, -0.2) is 12.6 Å². The van der Waals surface area contributed by atoms with Crippen molar-refractivity contribution in [3.63, 3.8) is 0 Å². The lowest BCUT2D eigenvalue weighted by Crippen LogP contribution is -2.34. The topological polar surface area (TPSA) is 12.0 Å². The zero-order chi connectivity index (χ0) is 8.48. The third-order valence-electron chi connectivity index (χ3n) is 2.84. The van der Waals surface area contributed by atoms with Crippen molar-refractivity contribution in [3.05, 3.63) is 0 Å². The van der Waals surface area contributed by atoms with Gasteiger partial charge in [-0.25, -0.2) is 0 Å². The van der Waals surface area contributed by atoms with E-state index in [-0.39, 0.29) is 0 Å². The van der Waals surface area contributed by atoms with Gasteiger partial charge in [-0.1, -0.05) is 34.1 Å². The molecule has 0 bridgehead atoms. The summed E-state index contributed by atoms with van der Waals surface area (Å²) in [5, 5.41) is 3.60. The Morgan fingerprint density at radius 1 is 1.36 bits per heavy atom. The van der Waals surface area contributed by atoms with Crippen LogP contribution in [0.4, 0.5) is 0 Å². The van der Waals surface area contributed by atoms with Crippen molar-refractivity contribution < 1.29 is 0 Å². The molecule has 1 aliphatic heterocycles. The first-order chi connectivity index (χ1) is 5.04. The van der Waals surface area contributed by atoms with Crippen molar-refractivity contribution in [3.8, 4) is 0 Å². The quantitative estimate of drug-likeness (QED) is 0.613. The van der Waals surface area contributed by atoms with Crippen LogP contribution in [0.3, 0.4) is 0 Å². The number of rotatable bonds is 1. The summed E-state index contributed by atoms with van der Waals surface area (Å²) in [5.74, 6) is 0.930. The van der Waals surface area contributed by atoms with Crippen LogP contribution in [0.1, 0.15) is 40.5 Å². The average Bonchev–Trinajstić information content (AvgIpc) is 2.32. The van der Waals surface area contributed by atoms with E-state index in [0.29, 0.717) is 5.41 Å². The lowest BCUT2D eigenvalue weighted by Gasteiger charge is -2.26. The maximum absolute atomic E-state index is 3.60. The molecule has 0 aromatic carbocycles. The first-order valence-electron chi connectivity index (χ1n) is 4.77. The highest BCUT2D eigenvalue weighted by molar-refractivity contribution is 4.88. The lowest BCUT2D eigenvalue weighted by molar-refractivity contribution is 0.289.